The van der Waals surface area contributed by atoms with E-state index in [1.54, 1.807) is 11.0 Å². The van der Waals surface area contributed by atoms with Gasteiger partial charge in [0.25, 0.3) is 0 Å². The summed E-state index contributed by atoms with van der Waals surface area (Å²) in [6, 6.07) is 12.9. The molecule has 32 heavy (non-hydrogen) atoms. The lowest BCUT2D eigenvalue weighted by Crippen LogP contribution is -2.35. The Labute approximate surface area is 188 Å². The lowest BCUT2D eigenvalue weighted by Gasteiger charge is -2.26. The van der Waals surface area contributed by atoms with Gasteiger partial charge >= 0.3 is 6.03 Å². The van der Waals surface area contributed by atoms with Crippen molar-refractivity contribution in [3.05, 3.63) is 59.4 Å². The molecule has 2 aliphatic heterocycles. The summed E-state index contributed by atoms with van der Waals surface area (Å²) < 4.78 is 19.8. The predicted molar refractivity (Wildman–Crippen MR) is 120 cm³/mol. The lowest BCUT2D eigenvalue weighted by atomic mass is 10.0. The first-order valence-electron chi connectivity index (χ1n) is 11.2. The Morgan fingerprint density at radius 1 is 0.969 bits per heavy atom. The first-order valence-corrected chi connectivity index (χ1v) is 11.2. The van der Waals surface area contributed by atoms with Crippen LogP contribution in [0.3, 0.4) is 0 Å². The maximum atomic E-state index is 14.4. The van der Waals surface area contributed by atoms with Gasteiger partial charge in [0.2, 0.25) is 5.91 Å². The van der Waals surface area contributed by atoms with Crippen molar-refractivity contribution in [3.8, 4) is 11.1 Å². The Kier molecular flexibility index (Phi) is 6.86. The van der Waals surface area contributed by atoms with Crippen LogP contribution in [0.15, 0.2) is 42.5 Å². The summed E-state index contributed by atoms with van der Waals surface area (Å²) >= 11 is 0. The second-order valence-corrected chi connectivity index (χ2v) is 8.93. The van der Waals surface area contributed by atoms with Crippen molar-refractivity contribution in [2.45, 2.75) is 26.9 Å². The van der Waals surface area contributed by atoms with Crippen LogP contribution >= 0.6 is 0 Å². The molecule has 4 rings (SSSR count). The van der Waals surface area contributed by atoms with Gasteiger partial charge in [-0.1, -0.05) is 44.2 Å². The number of halogens is 1. The van der Waals surface area contributed by atoms with Gasteiger partial charge in [0, 0.05) is 38.3 Å². The predicted octanol–water partition coefficient (Wildman–Crippen LogP) is 3.75. The van der Waals surface area contributed by atoms with Crippen molar-refractivity contribution in [1.82, 2.24) is 14.7 Å². The molecule has 0 aliphatic carbocycles. The molecule has 0 N–H and O–H groups in total. The third kappa shape index (κ3) is 5.16. The number of urea groups is 1. The van der Waals surface area contributed by atoms with E-state index in [-0.39, 0.29) is 30.2 Å². The fourth-order valence-corrected chi connectivity index (χ4v) is 4.16. The SMILES string of the molecule is CC(C)CN1C(=O)CN(Cc2ccc(-c3ccc(F)c(CN4CCOCC4)c3)cc2)C1=O. The van der Waals surface area contributed by atoms with Crippen molar-refractivity contribution >= 4 is 11.9 Å². The number of amides is 3. The summed E-state index contributed by atoms with van der Waals surface area (Å²) in [6.45, 7) is 8.50. The number of carbonyl (C=O) groups is 2. The molecule has 2 heterocycles. The maximum Gasteiger partial charge on any atom is 0.327 e. The van der Waals surface area contributed by atoms with Crippen LogP contribution < -0.4 is 0 Å². The van der Waals surface area contributed by atoms with E-state index >= 15 is 0 Å². The van der Waals surface area contributed by atoms with Gasteiger partial charge in [-0.2, -0.15) is 0 Å². The third-order valence-electron chi connectivity index (χ3n) is 5.88. The van der Waals surface area contributed by atoms with Crippen LogP contribution in [0.25, 0.3) is 11.1 Å². The molecule has 0 unspecified atom stereocenters. The summed E-state index contributed by atoms with van der Waals surface area (Å²) in [6.07, 6.45) is 0. The zero-order valence-electron chi connectivity index (χ0n) is 18.7. The molecule has 3 amide bonds. The number of rotatable bonds is 7. The van der Waals surface area contributed by atoms with E-state index in [4.69, 9.17) is 4.74 Å². The largest absolute Gasteiger partial charge is 0.379 e. The van der Waals surface area contributed by atoms with Gasteiger partial charge in [-0.25, -0.2) is 9.18 Å². The summed E-state index contributed by atoms with van der Waals surface area (Å²) in [5.41, 5.74) is 3.58. The maximum absolute atomic E-state index is 14.4. The molecule has 2 saturated heterocycles. The van der Waals surface area contributed by atoms with E-state index in [0.29, 0.717) is 38.4 Å². The van der Waals surface area contributed by atoms with Gasteiger partial charge in [-0.15, -0.1) is 0 Å². The van der Waals surface area contributed by atoms with Crippen LogP contribution in [0, 0.1) is 11.7 Å². The first kappa shape index (κ1) is 22.4. The minimum atomic E-state index is -0.223. The van der Waals surface area contributed by atoms with Crippen molar-refractivity contribution in [2.75, 3.05) is 39.4 Å². The number of hydrogen-bond acceptors (Lipinski definition) is 4. The minimum Gasteiger partial charge on any atom is -0.379 e. The van der Waals surface area contributed by atoms with E-state index in [9.17, 15) is 14.0 Å². The van der Waals surface area contributed by atoms with E-state index in [0.717, 1.165) is 29.8 Å². The van der Waals surface area contributed by atoms with Gasteiger partial charge in [-0.05, 0) is 34.7 Å². The summed E-state index contributed by atoms with van der Waals surface area (Å²) in [4.78, 5) is 29.9. The monoisotopic (exact) mass is 439 g/mol. The van der Waals surface area contributed by atoms with Gasteiger partial charge < -0.3 is 9.64 Å². The fourth-order valence-electron chi connectivity index (χ4n) is 4.16. The zero-order chi connectivity index (χ0) is 22.7. The Balaban J connectivity index is 1.43. The first-order chi connectivity index (χ1) is 15.4. The van der Waals surface area contributed by atoms with E-state index in [1.807, 2.05) is 44.2 Å². The normalized spacial score (nSPS) is 17.6. The lowest BCUT2D eigenvalue weighted by molar-refractivity contribution is -0.125. The van der Waals surface area contributed by atoms with E-state index in [1.165, 1.54) is 11.0 Å². The number of nitrogens with zero attached hydrogens (tertiary/aromatic N) is 3. The molecule has 0 saturated carbocycles. The van der Waals surface area contributed by atoms with Crippen LogP contribution in [0.4, 0.5) is 9.18 Å². The molecule has 2 aliphatic rings. The summed E-state index contributed by atoms with van der Waals surface area (Å²) in [5, 5.41) is 0. The number of benzene rings is 2. The Morgan fingerprint density at radius 2 is 1.66 bits per heavy atom. The van der Waals surface area contributed by atoms with Gasteiger partial charge in [0.1, 0.15) is 12.4 Å². The number of carbonyl (C=O) groups excluding carboxylic acids is 2. The average Bonchev–Trinajstić information content (AvgIpc) is 3.03. The molecule has 170 valence electrons. The fraction of sp³-hybridized carbons (Fsp3) is 0.440. The third-order valence-corrected chi connectivity index (χ3v) is 5.88. The van der Waals surface area contributed by atoms with Crippen molar-refractivity contribution in [1.29, 1.82) is 0 Å². The molecular formula is C25H30FN3O3. The van der Waals surface area contributed by atoms with Crippen LogP contribution in [0.5, 0.6) is 0 Å². The molecule has 2 fully saturated rings. The minimum absolute atomic E-state index is 0.121. The Morgan fingerprint density at radius 3 is 2.34 bits per heavy atom. The quantitative estimate of drug-likeness (QED) is 0.617. The number of imide groups is 1. The van der Waals surface area contributed by atoms with Crippen molar-refractivity contribution in [2.24, 2.45) is 5.92 Å². The second-order valence-electron chi connectivity index (χ2n) is 8.93. The molecule has 2 aromatic carbocycles. The summed E-state index contributed by atoms with van der Waals surface area (Å²) in [7, 11) is 0. The molecular weight excluding hydrogens is 409 g/mol. The number of hydrogen-bond donors (Lipinski definition) is 0. The van der Waals surface area contributed by atoms with Crippen molar-refractivity contribution < 1.29 is 18.7 Å². The van der Waals surface area contributed by atoms with E-state index < -0.39 is 0 Å². The zero-order valence-corrected chi connectivity index (χ0v) is 18.7. The van der Waals surface area contributed by atoms with Gasteiger partial charge in [0.05, 0.1) is 13.2 Å². The van der Waals surface area contributed by atoms with Crippen LogP contribution in [-0.4, -0.2) is 66.0 Å². The highest BCUT2D eigenvalue weighted by Crippen LogP contribution is 2.25. The van der Waals surface area contributed by atoms with Crippen LogP contribution in [0.2, 0.25) is 0 Å². The molecule has 7 heteroatoms. The smallest absolute Gasteiger partial charge is 0.327 e. The Hall–Kier alpha value is -2.77. The number of morpholine rings is 1. The topological polar surface area (TPSA) is 53.1 Å². The molecule has 0 spiro atoms. The summed E-state index contributed by atoms with van der Waals surface area (Å²) in [5.74, 6) is -0.0922. The Bertz CT molecular complexity index is 971. The molecule has 0 bridgehead atoms. The van der Waals surface area contributed by atoms with Gasteiger partial charge in [0.15, 0.2) is 0 Å². The average molecular weight is 440 g/mol. The highest BCUT2D eigenvalue weighted by atomic mass is 19.1. The molecule has 2 aromatic rings. The highest BCUT2D eigenvalue weighted by Gasteiger charge is 2.35. The van der Waals surface area contributed by atoms with Crippen molar-refractivity contribution in [3.63, 3.8) is 0 Å². The van der Waals surface area contributed by atoms with Crippen LogP contribution in [0.1, 0.15) is 25.0 Å². The standard InChI is InChI=1S/C25H30FN3O3/c1-18(2)14-29-24(30)17-28(25(29)31)15-19-3-5-20(6-4-19)21-7-8-23(26)22(13-21)16-27-9-11-32-12-10-27/h3-8,13,18H,9-12,14-17H2,1-2H3. The van der Waals surface area contributed by atoms with Crippen LogP contribution in [-0.2, 0) is 22.6 Å². The second kappa shape index (κ2) is 9.79. The highest BCUT2D eigenvalue weighted by molar-refractivity contribution is 6.01. The van der Waals surface area contributed by atoms with Gasteiger partial charge in [-0.3, -0.25) is 14.6 Å². The molecule has 0 atom stereocenters. The number of ether oxygens (including phenoxy) is 1. The molecule has 0 aromatic heterocycles. The molecule has 0 radical (unpaired) electrons. The van der Waals surface area contributed by atoms with E-state index in [2.05, 4.69) is 4.90 Å². The molecule has 6 nitrogen and oxygen atoms in total.